The first-order valence-corrected chi connectivity index (χ1v) is 10.9. The molecule has 2 fully saturated rings. The molecule has 0 atom stereocenters. The lowest BCUT2D eigenvalue weighted by Crippen LogP contribution is -2.42. The fourth-order valence-corrected chi connectivity index (χ4v) is 4.15. The van der Waals surface area contributed by atoms with Crippen molar-refractivity contribution in [2.45, 2.75) is 32.3 Å². The van der Waals surface area contributed by atoms with Gasteiger partial charge in [-0.25, -0.2) is 4.79 Å². The summed E-state index contributed by atoms with van der Waals surface area (Å²) in [6, 6.07) is 13.5. The molecule has 2 aliphatic rings. The second-order valence-corrected chi connectivity index (χ2v) is 8.09. The molecule has 0 radical (unpaired) electrons. The van der Waals surface area contributed by atoms with Gasteiger partial charge in [0.25, 0.3) is 5.91 Å². The second kappa shape index (κ2) is 9.92. The van der Waals surface area contributed by atoms with Gasteiger partial charge in [-0.15, -0.1) is 0 Å². The van der Waals surface area contributed by atoms with E-state index in [1.807, 2.05) is 54.3 Å². The van der Waals surface area contributed by atoms with Crippen LogP contribution < -0.4 is 0 Å². The molecule has 164 valence electrons. The molecule has 3 heterocycles. The summed E-state index contributed by atoms with van der Waals surface area (Å²) in [6.07, 6.45) is 1.24. The van der Waals surface area contributed by atoms with Gasteiger partial charge in [0.2, 0.25) is 0 Å². The van der Waals surface area contributed by atoms with Gasteiger partial charge in [0.1, 0.15) is 6.61 Å². The molecule has 4 rings (SSSR count). The molecule has 2 aliphatic heterocycles. The number of ether oxygens (including phenoxy) is 2. The van der Waals surface area contributed by atoms with Gasteiger partial charge in [0, 0.05) is 37.8 Å². The van der Waals surface area contributed by atoms with Crippen molar-refractivity contribution in [1.82, 2.24) is 14.8 Å². The summed E-state index contributed by atoms with van der Waals surface area (Å²) in [5.74, 6) is 0.175. The van der Waals surface area contributed by atoms with E-state index in [-0.39, 0.29) is 24.5 Å². The highest BCUT2D eigenvalue weighted by Crippen LogP contribution is 2.30. The van der Waals surface area contributed by atoms with Crippen LogP contribution in [0.5, 0.6) is 0 Å². The minimum absolute atomic E-state index is 0.0236. The average Bonchev–Trinajstić information content (AvgIpc) is 2.83. The summed E-state index contributed by atoms with van der Waals surface area (Å²) in [5.41, 5.74) is 3.41. The average molecular weight is 424 g/mol. The lowest BCUT2D eigenvalue weighted by atomic mass is 9.90. The lowest BCUT2D eigenvalue weighted by Gasteiger charge is -2.33. The highest BCUT2D eigenvalue weighted by Gasteiger charge is 2.30. The summed E-state index contributed by atoms with van der Waals surface area (Å²) in [4.78, 5) is 33.9. The molecule has 0 bridgehead atoms. The van der Waals surface area contributed by atoms with Crippen LogP contribution in [0, 0.1) is 6.92 Å². The summed E-state index contributed by atoms with van der Waals surface area (Å²) >= 11 is 0. The summed E-state index contributed by atoms with van der Waals surface area (Å²) in [6.45, 7) is 5.78. The zero-order chi connectivity index (χ0) is 21.6. The molecule has 1 aromatic carbocycles. The van der Waals surface area contributed by atoms with Crippen LogP contribution in [0.3, 0.4) is 0 Å². The summed E-state index contributed by atoms with van der Waals surface area (Å²) in [7, 11) is 0. The standard InChI is InChI=1S/C24H29N3O4/c1-18-7-8-21(23(28)26-13-15-30-16-14-26)22(25-18)20-9-11-27(12-10-20)24(29)31-17-19-5-3-2-4-6-19/h2-8,20H,9-17H2,1H3. The molecule has 0 saturated carbocycles. The van der Waals surface area contributed by atoms with E-state index in [4.69, 9.17) is 14.5 Å². The van der Waals surface area contributed by atoms with Crippen LogP contribution in [0.25, 0.3) is 0 Å². The Hall–Kier alpha value is -2.93. The van der Waals surface area contributed by atoms with E-state index < -0.39 is 0 Å². The number of rotatable bonds is 4. The van der Waals surface area contributed by atoms with Crippen LogP contribution >= 0.6 is 0 Å². The third kappa shape index (κ3) is 5.22. The molecule has 31 heavy (non-hydrogen) atoms. The predicted octanol–water partition coefficient (Wildman–Crippen LogP) is 3.38. The van der Waals surface area contributed by atoms with Gasteiger partial charge < -0.3 is 19.3 Å². The zero-order valence-corrected chi connectivity index (χ0v) is 18.0. The largest absolute Gasteiger partial charge is 0.445 e. The van der Waals surface area contributed by atoms with E-state index in [1.54, 1.807) is 4.90 Å². The Kier molecular flexibility index (Phi) is 6.82. The highest BCUT2D eigenvalue weighted by atomic mass is 16.6. The van der Waals surface area contributed by atoms with E-state index in [1.165, 1.54) is 0 Å². The Morgan fingerprint density at radius 1 is 1.00 bits per heavy atom. The molecular formula is C24H29N3O4. The maximum atomic E-state index is 13.1. The molecule has 2 amide bonds. The van der Waals surface area contributed by atoms with Gasteiger partial charge in [-0.1, -0.05) is 30.3 Å². The van der Waals surface area contributed by atoms with Gasteiger partial charge in [-0.3, -0.25) is 9.78 Å². The Morgan fingerprint density at radius 3 is 2.42 bits per heavy atom. The number of likely N-dealkylation sites (tertiary alicyclic amines) is 1. The van der Waals surface area contributed by atoms with Crippen LogP contribution in [-0.4, -0.2) is 66.2 Å². The van der Waals surface area contributed by atoms with E-state index >= 15 is 0 Å². The normalized spacial score (nSPS) is 17.5. The molecule has 7 nitrogen and oxygen atoms in total. The zero-order valence-electron chi connectivity index (χ0n) is 18.0. The van der Waals surface area contributed by atoms with E-state index in [2.05, 4.69) is 0 Å². The molecule has 0 spiro atoms. The quantitative estimate of drug-likeness (QED) is 0.754. The predicted molar refractivity (Wildman–Crippen MR) is 116 cm³/mol. The molecule has 2 aromatic rings. The van der Waals surface area contributed by atoms with Gasteiger partial charge in [0.15, 0.2) is 0 Å². The first kappa shape index (κ1) is 21.3. The number of aryl methyl sites for hydroxylation is 1. The van der Waals surface area contributed by atoms with Crippen molar-refractivity contribution < 1.29 is 19.1 Å². The fraction of sp³-hybridized carbons (Fsp3) is 0.458. The summed E-state index contributed by atoms with van der Waals surface area (Å²) in [5, 5.41) is 0. The number of nitrogens with zero attached hydrogens (tertiary/aromatic N) is 3. The van der Waals surface area contributed by atoms with Crippen molar-refractivity contribution in [3.05, 3.63) is 65.0 Å². The number of pyridine rings is 1. The van der Waals surface area contributed by atoms with Gasteiger partial charge in [-0.2, -0.15) is 0 Å². The summed E-state index contributed by atoms with van der Waals surface area (Å²) < 4.78 is 10.8. The third-order valence-corrected chi connectivity index (χ3v) is 5.94. The van der Waals surface area contributed by atoms with Crippen molar-refractivity contribution >= 4 is 12.0 Å². The van der Waals surface area contributed by atoms with Crippen molar-refractivity contribution in [2.24, 2.45) is 0 Å². The topological polar surface area (TPSA) is 72.0 Å². The first-order chi connectivity index (χ1) is 15.1. The fourth-order valence-electron chi connectivity index (χ4n) is 4.15. The van der Waals surface area contributed by atoms with Crippen LogP contribution in [0.2, 0.25) is 0 Å². The number of aromatic nitrogens is 1. The number of hydrogen-bond acceptors (Lipinski definition) is 5. The van der Waals surface area contributed by atoms with E-state index in [0.29, 0.717) is 45.0 Å². The number of piperidine rings is 1. The maximum Gasteiger partial charge on any atom is 0.410 e. The molecule has 0 aliphatic carbocycles. The number of carbonyl (C=O) groups excluding carboxylic acids is 2. The molecule has 0 N–H and O–H groups in total. The third-order valence-electron chi connectivity index (χ3n) is 5.94. The van der Waals surface area contributed by atoms with Crippen molar-refractivity contribution in [2.75, 3.05) is 39.4 Å². The maximum absolute atomic E-state index is 13.1. The van der Waals surface area contributed by atoms with Crippen molar-refractivity contribution in [3.8, 4) is 0 Å². The highest BCUT2D eigenvalue weighted by molar-refractivity contribution is 5.95. The van der Waals surface area contributed by atoms with Crippen LogP contribution in [-0.2, 0) is 16.1 Å². The van der Waals surface area contributed by atoms with Crippen LogP contribution in [0.4, 0.5) is 4.79 Å². The monoisotopic (exact) mass is 423 g/mol. The molecule has 0 unspecified atom stereocenters. The first-order valence-electron chi connectivity index (χ1n) is 10.9. The number of carbonyl (C=O) groups is 2. The molecular weight excluding hydrogens is 394 g/mol. The number of amides is 2. The van der Waals surface area contributed by atoms with E-state index in [0.717, 1.165) is 29.8 Å². The van der Waals surface area contributed by atoms with E-state index in [9.17, 15) is 9.59 Å². The lowest BCUT2D eigenvalue weighted by molar-refractivity contribution is 0.0301. The molecule has 7 heteroatoms. The van der Waals surface area contributed by atoms with Gasteiger partial charge in [0.05, 0.1) is 24.5 Å². The van der Waals surface area contributed by atoms with Gasteiger partial charge >= 0.3 is 6.09 Å². The Balaban J connectivity index is 1.38. The minimum atomic E-state index is -0.288. The minimum Gasteiger partial charge on any atom is -0.445 e. The van der Waals surface area contributed by atoms with Crippen molar-refractivity contribution in [1.29, 1.82) is 0 Å². The number of benzene rings is 1. The Labute approximate surface area is 183 Å². The Morgan fingerprint density at radius 2 is 1.71 bits per heavy atom. The molecule has 2 saturated heterocycles. The SMILES string of the molecule is Cc1ccc(C(=O)N2CCOCC2)c(C2CCN(C(=O)OCc3ccccc3)CC2)n1. The number of hydrogen-bond donors (Lipinski definition) is 0. The van der Waals surface area contributed by atoms with Gasteiger partial charge in [-0.05, 0) is 37.5 Å². The smallest absolute Gasteiger partial charge is 0.410 e. The Bertz CT molecular complexity index is 904. The molecule has 1 aromatic heterocycles. The van der Waals surface area contributed by atoms with Crippen LogP contribution in [0.1, 0.15) is 46.1 Å². The number of morpholine rings is 1. The second-order valence-electron chi connectivity index (χ2n) is 8.09. The van der Waals surface area contributed by atoms with Crippen LogP contribution in [0.15, 0.2) is 42.5 Å². The van der Waals surface area contributed by atoms with Crippen molar-refractivity contribution in [3.63, 3.8) is 0 Å².